The van der Waals surface area contributed by atoms with Gasteiger partial charge in [0.25, 0.3) is 5.91 Å². The Bertz CT molecular complexity index is 757. The van der Waals surface area contributed by atoms with Crippen molar-refractivity contribution >= 4 is 17.2 Å². The minimum atomic E-state index is -0.198. The first-order chi connectivity index (χ1) is 11.3. The molecule has 1 aromatic carbocycles. The molecular weight excluding hydrogens is 314 g/mol. The van der Waals surface area contributed by atoms with Crippen molar-refractivity contribution in [2.45, 2.75) is 6.10 Å². The molecule has 0 saturated heterocycles. The van der Waals surface area contributed by atoms with Crippen molar-refractivity contribution in [3.05, 3.63) is 58.5 Å². The van der Waals surface area contributed by atoms with Crippen LogP contribution in [0.4, 0.5) is 0 Å². The molecule has 0 fully saturated rings. The highest BCUT2D eigenvalue weighted by Gasteiger charge is 2.17. The Hall–Kier alpha value is -2.58. The van der Waals surface area contributed by atoms with E-state index in [1.807, 2.05) is 35.7 Å². The zero-order valence-electron chi connectivity index (χ0n) is 12.4. The van der Waals surface area contributed by atoms with E-state index in [0.717, 1.165) is 5.56 Å². The van der Waals surface area contributed by atoms with E-state index >= 15 is 0 Å². The zero-order valence-corrected chi connectivity index (χ0v) is 13.2. The molecule has 0 bridgehead atoms. The topological polar surface area (TPSA) is 81.9 Å². The van der Waals surface area contributed by atoms with Crippen LogP contribution in [-0.2, 0) is 4.74 Å². The number of carbonyl (C=O) groups is 1. The van der Waals surface area contributed by atoms with Gasteiger partial charge in [-0.2, -0.15) is 4.68 Å². The molecule has 0 aliphatic rings. The van der Waals surface area contributed by atoms with Crippen molar-refractivity contribution in [2.75, 3.05) is 13.7 Å². The van der Waals surface area contributed by atoms with Gasteiger partial charge in [0.05, 0.1) is 11.8 Å². The van der Waals surface area contributed by atoms with Crippen LogP contribution in [-0.4, -0.2) is 39.8 Å². The maximum Gasteiger partial charge on any atom is 0.263 e. The van der Waals surface area contributed by atoms with Crippen molar-refractivity contribution in [2.24, 2.45) is 0 Å². The van der Waals surface area contributed by atoms with Crippen LogP contribution in [0.2, 0.25) is 0 Å². The van der Waals surface area contributed by atoms with E-state index in [0.29, 0.717) is 17.1 Å². The van der Waals surface area contributed by atoms with E-state index in [1.54, 1.807) is 13.2 Å². The average molecular weight is 329 g/mol. The lowest BCUT2D eigenvalue weighted by Crippen LogP contribution is -2.29. The summed E-state index contributed by atoms with van der Waals surface area (Å²) < 4.78 is 6.93. The number of hydrogen-bond donors (Lipinski definition) is 1. The fourth-order valence-corrected chi connectivity index (χ4v) is 2.99. The molecule has 3 aromatic rings. The summed E-state index contributed by atoms with van der Waals surface area (Å²) in [5.74, 6) is -0.177. The molecule has 0 aliphatic heterocycles. The number of tetrazole rings is 1. The number of benzene rings is 1. The number of aromatic nitrogens is 4. The molecule has 1 atom stereocenters. The molecule has 0 aliphatic carbocycles. The fraction of sp³-hybridized carbons (Fsp3) is 0.200. The van der Waals surface area contributed by atoms with Crippen LogP contribution >= 0.6 is 11.3 Å². The third kappa shape index (κ3) is 3.43. The first-order valence-electron chi connectivity index (χ1n) is 6.96. The quantitative estimate of drug-likeness (QED) is 0.746. The van der Waals surface area contributed by atoms with E-state index in [-0.39, 0.29) is 12.0 Å². The molecule has 1 unspecified atom stereocenters. The number of rotatable bonds is 6. The number of carbonyl (C=O) groups excluding carboxylic acids is 1. The summed E-state index contributed by atoms with van der Waals surface area (Å²) in [4.78, 5) is 13.0. The second kappa shape index (κ2) is 7.12. The SMILES string of the molecule is COC(CNC(=O)c1sccc1-n1cnnn1)c1ccccc1. The number of ether oxygens (including phenoxy) is 1. The highest BCUT2D eigenvalue weighted by Crippen LogP contribution is 2.20. The van der Waals surface area contributed by atoms with Gasteiger partial charge < -0.3 is 10.1 Å². The number of nitrogens with one attached hydrogen (secondary N) is 1. The molecule has 23 heavy (non-hydrogen) atoms. The third-order valence-electron chi connectivity index (χ3n) is 3.35. The average Bonchev–Trinajstić information content (AvgIpc) is 3.27. The lowest BCUT2D eigenvalue weighted by molar-refractivity contribution is 0.0831. The van der Waals surface area contributed by atoms with Gasteiger partial charge in [-0.15, -0.1) is 16.4 Å². The Kier molecular flexibility index (Phi) is 4.74. The number of hydrogen-bond acceptors (Lipinski definition) is 6. The van der Waals surface area contributed by atoms with E-state index in [2.05, 4.69) is 20.8 Å². The highest BCUT2D eigenvalue weighted by atomic mass is 32.1. The van der Waals surface area contributed by atoms with Gasteiger partial charge in [0.15, 0.2) is 0 Å². The second-order valence-corrected chi connectivity index (χ2v) is 5.65. The molecule has 3 rings (SSSR count). The molecule has 0 saturated carbocycles. The first-order valence-corrected chi connectivity index (χ1v) is 7.84. The van der Waals surface area contributed by atoms with Gasteiger partial charge in [0, 0.05) is 13.7 Å². The second-order valence-electron chi connectivity index (χ2n) is 4.73. The van der Waals surface area contributed by atoms with Crippen LogP contribution in [0.3, 0.4) is 0 Å². The van der Waals surface area contributed by atoms with E-state index < -0.39 is 0 Å². The van der Waals surface area contributed by atoms with Crippen LogP contribution in [0, 0.1) is 0 Å². The normalized spacial score (nSPS) is 12.0. The van der Waals surface area contributed by atoms with E-state index in [1.165, 1.54) is 22.3 Å². The predicted octanol–water partition coefficient (Wildman–Crippen LogP) is 1.84. The molecule has 7 nitrogen and oxygen atoms in total. The van der Waals surface area contributed by atoms with Crippen LogP contribution in [0.25, 0.3) is 5.69 Å². The summed E-state index contributed by atoms with van der Waals surface area (Å²) in [7, 11) is 1.63. The summed E-state index contributed by atoms with van der Waals surface area (Å²) >= 11 is 1.34. The lowest BCUT2D eigenvalue weighted by atomic mass is 10.1. The maximum absolute atomic E-state index is 12.4. The summed E-state index contributed by atoms with van der Waals surface area (Å²) in [6, 6.07) is 11.6. The van der Waals surface area contributed by atoms with Gasteiger partial charge in [-0.1, -0.05) is 30.3 Å². The fourth-order valence-electron chi connectivity index (χ4n) is 2.20. The van der Waals surface area contributed by atoms with E-state index in [4.69, 9.17) is 4.74 Å². The highest BCUT2D eigenvalue weighted by molar-refractivity contribution is 7.12. The van der Waals surface area contributed by atoms with Gasteiger partial charge in [0.2, 0.25) is 0 Å². The summed E-state index contributed by atoms with van der Waals surface area (Å²) in [5.41, 5.74) is 1.67. The summed E-state index contributed by atoms with van der Waals surface area (Å²) in [6.07, 6.45) is 1.26. The molecule has 0 radical (unpaired) electrons. The Morgan fingerprint density at radius 3 is 2.87 bits per heavy atom. The van der Waals surface area contributed by atoms with Crippen molar-refractivity contribution < 1.29 is 9.53 Å². The van der Waals surface area contributed by atoms with Crippen molar-refractivity contribution in [1.82, 2.24) is 25.5 Å². The number of methoxy groups -OCH3 is 1. The Labute approximate surface area is 136 Å². The molecule has 8 heteroatoms. The minimum absolute atomic E-state index is 0.177. The largest absolute Gasteiger partial charge is 0.375 e. The van der Waals surface area contributed by atoms with Gasteiger partial charge in [-0.05, 0) is 27.4 Å². The maximum atomic E-state index is 12.4. The molecule has 118 valence electrons. The number of amides is 1. The van der Waals surface area contributed by atoms with Crippen LogP contribution in [0.1, 0.15) is 21.3 Å². The number of nitrogens with zero attached hydrogens (tertiary/aromatic N) is 4. The van der Waals surface area contributed by atoms with Crippen LogP contribution < -0.4 is 5.32 Å². The van der Waals surface area contributed by atoms with Gasteiger partial charge in [-0.3, -0.25) is 4.79 Å². The summed E-state index contributed by atoms with van der Waals surface area (Å²) in [6.45, 7) is 0.381. The monoisotopic (exact) mass is 329 g/mol. The Morgan fingerprint density at radius 2 is 2.17 bits per heavy atom. The Balaban J connectivity index is 1.69. The van der Waals surface area contributed by atoms with Crippen LogP contribution in [0.5, 0.6) is 0 Å². The minimum Gasteiger partial charge on any atom is -0.375 e. The smallest absolute Gasteiger partial charge is 0.263 e. The van der Waals surface area contributed by atoms with Crippen molar-refractivity contribution in [3.8, 4) is 5.69 Å². The number of thiophene rings is 1. The predicted molar refractivity (Wildman–Crippen MR) is 85.6 cm³/mol. The summed E-state index contributed by atoms with van der Waals surface area (Å²) in [5, 5.41) is 15.7. The van der Waals surface area contributed by atoms with E-state index in [9.17, 15) is 4.79 Å². The molecule has 1 amide bonds. The van der Waals surface area contributed by atoms with Gasteiger partial charge in [-0.25, -0.2) is 0 Å². The molecule has 2 heterocycles. The standard InChI is InChI=1S/C15H15N5O2S/c1-22-13(11-5-3-2-4-6-11)9-16-15(21)14-12(7-8-23-14)20-10-17-18-19-20/h2-8,10,13H,9H2,1H3,(H,16,21). The molecule has 2 aromatic heterocycles. The first kappa shape index (κ1) is 15.3. The zero-order chi connectivity index (χ0) is 16.1. The molecule has 0 spiro atoms. The van der Waals surface area contributed by atoms with Crippen LogP contribution in [0.15, 0.2) is 48.1 Å². The third-order valence-corrected chi connectivity index (χ3v) is 4.25. The van der Waals surface area contributed by atoms with Gasteiger partial charge in [0.1, 0.15) is 11.2 Å². The van der Waals surface area contributed by atoms with Crippen molar-refractivity contribution in [3.63, 3.8) is 0 Å². The van der Waals surface area contributed by atoms with Crippen molar-refractivity contribution in [1.29, 1.82) is 0 Å². The van der Waals surface area contributed by atoms with Gasteiger partial charge >= 0.3 is 0 Å². The molecule has 1 N–H and O–H groups in total. The Morgan fingerprint density at radius 1 is 1.35 bits per heavy atom. The molecular formula is C15H15N5O2S. The lowest BCUT2D eigenvalue weighted by Gasteiger charge is -2.16.